The summed E-state index contributed by atoms with van der Waals surface area (Å²) in [7, 11) is -8.28. The maximum atomic E-state index is 11.3. The van der Waals surface area contributed by atoms with E-state index in [9.17, 15) is 16.8 Å². The summed E-state index contributed by atoms with van der Waals surface area (Å²) >= 11 is 0. The van der Waals surface area contributed by atoms with E-state index in [1.165, 1.54) is 16.3 Å². The largest absolute Gasteiger partial charge is 0.395 e. The van der Waals surface area contributed by atoms with E-state index < -0.39 is 20.3 Å². The summed E-state index contributed by atoms with van der Waals surface area (Å²) in [4.78, 5) is 0. The Morgan fingerprint density at radius 1 is 1.22 bits per heavy atom. The highest BCUT2D eigenvalue weighted by molar-refractivity contribution is 8.02. The minimum Gasteiger partial charge on any atom is -0.370 e. The Morgan fingerprint density at radius 2 is 1.78 bits per heavy atom. The van der Waals surface area contributed by atoms with Crippen molar-refractivity contribution >= 4 is 20.3 Å². The highest BCUT2D eigenvalue weighted by atomic mass is 32.3. The normalized spacial score (nSPS) is 19.5. The first-order valence-electron chi connectivity index (χ1n) is 4.90. The zero-order chi connectivity index (χ0) is 13.4. The molecule has 1 atom stereocenters. The standard InChI is InChI=1S/C9H11NO6S2/c1-17(11,12)10-18(13,14)16-8-4-2-7(3-5-8)9-6-15-9/h2-5,9-10H,6H2,1H3. The Balaban J connectivity index is 2.08. The number of nitrogens with one attached hydrogen (secondary N) is 1. The van der Waals surface area contributed by atoms with Crippen LogP contribution in [0.3, 0.4) is 0 Å². The van der Waals surface area contributed by atoms with E-state index in [1.807, 2.05) is 0 Å². The summed E-state index contributed by atoms with van der Waals surface area (Å²) in [5.74, 6) is 0.0237. The average molecular weight is 293 g/mol. The fourth-order valence-corrected chi connectivity index (χ4v) is 3.29. The molecule has 0 aliphatic carbocycles. The molecule has 1 aliphatic rings. The van der Waals surface area contributed by atoms with Crippen LogP contribution in [-0.2, 0) is 25.1 Å². The van der Waals surface area contributed by atoms with E-state index in [1.54, 1.807) is 12.1 Å². The number of ether oxygens (including phenoxy) is 1. The third-order valence-electron chi connectivity index (χ3n) is 2.04. The van der Waals surface area contributed by atoms with Gasteiger partial charge >= 0.3 is 10.3 Å². The molecular weight excluding hydrogens is 282 g/mol. The quantitative estimate of drug-likeness (QED) is 0.762. The molecule has 100 valence electrons. The van der Waals surface area contributed by atoms with Gasteiger partial charge in [-0.3, -0.25) is 0 Å². The predicted molar refractivity (Wildman–Crippen MR) is 62.7 cm³/mol. The number of epoxide rings is 1. The van der Waals surface area contributed by atoms with E-state index in [2.05, 4.69) is 4.18 Å². The third kappa shape index (κ3) is 3.95. The Morgan fingerprint density at radius 3 is 2.22 bits per heavy atom. The van der Waals surface area contributed by atoms with E-state index >= 15 is 0 Å². The summed E-state index contributed by atoms with van der Waals surface area (Å²) in [6, 6.07) is 6.17. The van der Waals surface area contributed by atoms with Crippen molar-refractivity contribution in [1.29, 1.82) is 0 Å². The van der Waals surface area contributed by atoms with Crippen molar-refractivity contribution in [2.75, 3.05) is 12.9 Å². The highest BCUT2D eigenvalue weighted by Gasteiger charge is 2.25. The van der Waals surface area contributed by atoms with Crippen molar-refractivity contribution in [1.82, 2.24) is 4.13 Å². The second-order valence-corrected chi connectivity index (χ2v) is 7.07. The molecule has 0 saturated carbocycles. The Bertz CT molecular complexity index is 630. The number of benzene rings is 1. The SMILES string of the molecule is CS(=O)(=O)NS(=O)(=O)Oc1ccc(C2CO2)cc1. The lowest BCUT2D eigenvalue weighted by molar-refractivity contribution is 0.415. The molecule has 1 aliphatic heterocycles. The van der Waals surface area contributed by atoms with Crippen LogP contribution in [-0.4, -0.2) is 29.7 Å². The molecule has 18 heavy (non-hydrogen) atoms. The first-order valence-corrected chi connectivity index (χ1v) is 8.20. The van der Waals surface area contributed by atoms with E-state index in [4.69, 9.17) is 4.74 Å². The zero-order valence-corrected chi connectivity index (χ0v) is 11.0. The van der Waals surface area contributed by atoms with Gasteiger partial charge in [0.25, 0.3) is 0 Å². The van der Waals surface area contributed by atoms with Gasteiger partial charge in [0.2, 0.25) is 10.0 Å². The van der Waals surface area contributed by atoms with Crippen LogP contribution in [0.25, 0.3) is 0 Å². The van der Waals surface area contributed by atoms with E-state index in [0.717, 1.165) is 11.8 Å². The molecule has 0 radical (unpaired) electrons. The molecule has 0 amide bonds. The Labute approximate surface area is 105 Å². The van der Waals surface area contributed by atoms with Crippen LogP contribution in [0.5, 0.6) is 5.75 Å². The molecule has 0 aromatic heterocycles. The molecule has 0 spiro atoms. The fraction of sp³-hybridized carbons (Fsp3) is 0.333. The third-order valence-corrected chi connectivity index (χ3v) is 4.48. The van der Waals surface area contributed by atoms with Crippen molar-refractivity contribution in [3.8, 4) is 5.75 Å². The summed E-state index contributed by atoms with van der Waals surface area (Å²) in [5, 5.41) is 0. The number of rotatable bonds is 5. The van der Waals surface area contributed by atoms with Gasteiger partial charge in [-0.1, -0.05) is 16.3 Å². The molecule has 1 unspecified atom stereocenters. The maximum Gasteiger partial charge on any atom is 0.395 e. The van der Waals surface area contributed by atoms with Crippen LogP contribution in [0.1, 0.15) is 11.7 Å². The van der Waals surface area contributed by atoms with Crippen LogP contribution in [0.15, 0.2) is 24.3 Å². The number of sulfonamides is 1. The van der Waals surface area contributed by atoms with Crippen LogP contribution in [0.4, 0.5) is 0 Å². The molecule has 7 nitrogen and oxygen atoms in total. The van der Waals surface area contributed by atoms with Crippen LogP contribution < -0.4 is 8.31 Å². The molecule has 2 rings (SSSR count). The average Bonchev–Trinajstić information content (AvgIpc) is 2.97. The lowest BCUT2D eigenvalue weighted by atomic mass is 10.2. The van der Waals surface area contributed by atoms with Crippen molar-refractivity contribution < 1.29 is 25.8 Å². The molecule has 1 heterocycles. The lowest BCUT2D eigenvalue weighted by Crippen LogP contribution is -2.33. The molecule has 1 N–H and O–H groups in total. The monoisotopic (exact) mass is 293 g/mol. The van der Waals surface area contributed by atoms with Crippen molar-refractivity contribution in [3.63, 3.8) is 0 Å². The van der Waals surface area contributed by atoms with E-state index in [-0.39, 0.29) is 11.9 Å². The van der Waals surface area contributed by atoms with Gasteiger partial charge in [-0.25, -0.2) is 8.42 Å². The minimum absolute atomic E-state index is 0.0237. The van der Waals surface area contributed by atoms with Gasteiger partial charge in [0.1, 0.15) is 11.9 Å². The summed E-state index contributed by atoms with van der Waals surface area (Å²) in [5.41, 5.74) is 0.913. The van der Waals surface area contributed by atoms with Gasteiger partial charge in [-0.15, -0.1) is 0 Å². The lowest BCUT2D eigenvalue weighted by Gasteiger charge is -2.06. The van der Waals surface area contributed by atoms with Gasteiger partial charge in [-0.05, 0) is 17.7 Å². The summed E-state index contributed by atoms with van der Waals surface area (Å²) in [6.45, 7) is 0.647. The van der Waals surface area contributed by atoms with Crippen LogP contribution in [0, 0.1) is 0 Å². The predicted octanol–water partition coefficient (Wildman–Crippen LogP) is -0.0693. The molecular formula is C9H11NO6S2. The van der Waals surface area contributed by atoms with Gasteiger partial charge in [0.05, 0.1) is 12.9 Å². The van der Waals surface area contributed by atoms with Gasteiger partial charge in [0.15, 0.2) is 0 Å². The molecule has 0 bridgehead atoms. The molecule has 1 fully saturated rings. The molecule has 1 aromatic carbocycles. The van der Waals surface area contributed by atoms with Gasteiger partial charge in [0, 0.05) is 0 Å². The maximum absolute atomic E-state index is 11.3. The second kappa shape index (κ2) is 4.50. The minimum atomic E-state index is -4.38. The molecule has 1 aromatic rings. The number of hydrogen-bond donors (Lipinski definition) is 1. The summed E-state index contributed by atoms with van der Waals surface area (Å²) < 4.78 is 55.2. The Kier molecular flexibility index (Phi) is 3.32. The second-order valence-electron chi connectivity index (χ2n) is 3.78. The molecule has 1 saturated heterocycles. The first kappa shape index (κ1) is 13.3. The van der Waals surface area contributed by atoms with Gasteiger partial charge in [-0.2, -0.15) is 8.42 Å². The Hall–Kier alpha value is -1.16. The van der Waals surface area contributed by atoms with Crippen molar-refractivity contribution in [2.45, 2.75) is 6.10 Å². The smallest absolute Gasteiger partial charge is 0.370 e. The first-order chi connectivity index (χ1) is 8.25. The highest BCUT2D eigenvalue weighted by Crippen LogP contribution is 2.30. The summed E-state index contributed by atoms with van der Waals surface area (Å²) in [6.07, 6.45) is 0.784. The van der Waals surface area contributed by atoms with Crippen molar-refractivity contribution in [2.24, 2.45) is 0 Å². The fourth-order valence-electron chi connectivity index (χ4n) is 1.31. The van der Waals surface area contributed by atoms with Crippen molar-refractivity contribution in [3.05, 3.63) is 29.8 Å². The number of hydrogen-bond acceptors (Lipinski definition) is 6. The van der Waals surface area contributed by atoms with Gasteiger partial charge < -0.3 is 8.92 Å². The van der Waals surface area contributed by atoms with Crippen LogP contribution in [0.2, 0.25) is 0 Å². The molecule has 9 heteroatoms. The zero-order valence-electron chi connectivity index (χ0n) is 9.36. The van der Waals surface area contributed by atoms with Crippen LogP contribution >= 0.6 is 0 Å². The topological polar surface area (TPSA) is 102 Å². The van der Waals surface area contributed by atoms with E-state index in [0.29, 0.717) is 6.61 Å².